The van der Waals surface area contributed by atoms with Crippen LogP contribution < -0.4 is 0 Å². The maximum absolute atomic E-state index is 12.9. The number of rotatable bonds is 7. The van der Waals surface area contributed by atoms with Crippen LogP contribution in [0.15, 0.2) is 48.5 Å². The van der Waals surface area contributed by atoms with Gasteiger partial charge in [-0.3, -0.25) is 0 Å². The van der Waals surface area contributed by atoms with E-state index in [0.717, 1.165) is 68.1 Å². The van der Waals surface area contributed by atoms with Crippen LogP contribution in [0.3, 0.4) is 0 Å². The molecule has 2 aromatic carbocycles. The molecular formula is C26H26F3N5. The van der Waals surface area contributed by atoms with E-state index in [1.807, 2.05) is 29.8 Å². The summed E-state index contributed by atoms with van der Waals surface area (Å²) in [6.45, 7) is 2.92. The third-order valence-corrected chi connectivity index (χ3v) is 7.34. The zero-order valence-corrected chi connectivity index (χ0v) is 19.0. The molecule has 3 aromatic rings. The summed E-state index contributed by atoms with van der Waals surface area (Å²) in [4.78, 5) is 2.45. The summed E-state index contributed by atoms with van der Waals surface area (Å²) in [5.74, 6) is 2.22. The minimum absolute atomic E-state index is 0.0422. The number of alkyl halides is 3. The number of likely N-dealkylation sites (tertiary alicyclic amines) is 1. The lowest BCUT2D eigenvalue weighted by Crippen LogP contribution is -2.27. The number of piperidine rings is 1. The van der Waals surface area contributed by atoms with Gasteiger partial charge in [0.1, 0.15) is 5.82 Å². The summed E-state index contributed by atoms with van der Waals surface area (Å²) >= 11 is 0. The lowest BCUT2D eigenvalue weighted by molar-refractivity contribution is -0.137. The summed E-state index contributed by atoms with van der Waals surface area (Å²) in [5.41, 5.74) is 1.98. The van der Waals surface area contributed by atoms with Crippen molar-refractivity contribution in [2.75, 3.05) is 19.6 Å². The highest BCUT2D eigenvalue weighted by atomic mass is 19.4. The Morgan fingerprint density at radius 2 is 1.91 bits per heavy atom. The smallest absolute Gasteiger partial charge is 0.314 e. The second-order valence-corrected chi connectivity index (χ2v) is 9.52. The molecule has 0 spiro atoms. The third kappa shape index (κ3) is 4.21. The van der Waals surface area contributed by atoms with Gasteiger partial charge >= 0.3 is 6.18 Å². The number of nitriles is 1. The summed E-state index contributed by atoms with van der Waals surface area (Å²) in [6, 6.07) is 15.3. The Bertz CT molecular complexity index is 1220. The molecule has 2 aliphatic rings. The first-order chi connectivity index (χ1) is 16.3. The number of fused-ring (bicyclic) bond motifs is 1. The minimum atomic E-state index is -4.29. The number of benzene rings is 2. The highest BCUT2D eigenvalue weighted by molar-refractivity contribution is 5.58. The van der Waals surface area contributed by atoms with Gasteiger partial charge in [-0.1, -0.05) is 24.3 Å². The van der Waals surface area contributed by atoms with Crippen LogP contribution in [0.1, 0.15) is 41.8 Å². The zero-order chi connectivity index (χ0) is 23.9. The zero-order valence-electron chi connectivity index (χ0n) is 19.0. The van der Waals surface area contributed by atoms with Crippen molar-refractivity contribution in [1.82, 2.24) is 19.7 Å². The van der Waals surface area contributed by atoms with Crippen molar-refractivity contribution in [2.45, 2.75) is 37.3 Å². The number of aromatic nitrogens is 3. The molecule has 8 heteroatoms. The SMILES string of the molecule is Cn1c(CCCCN2CC3CC3(c3ccc(C(F)(F)F)cc3)C2)nnc1-c1cccc(C#N)c1. The third-order valence-electron chi connectivity index (χ3n) is 7.34. The van der Waals surface area contributed by atoms with Crippen molar-refractivity contribution in [2.24, 2.45) is 13.0 Å². The number of halogens is 3. The van der Waals surface area contributed by atoms with Crippen LogP contribution in [0.25, 0.3) is 11.4 Å². The number of hydrogen-bond acceptors (Lipinski definition) is 4. The van der Waals surface area contributed by atoms with Crippen LogP contribution in [-0.2, 0) is 25.1 Å². The van der Waals surface area contributed by atoms with E-state index in [1.165, 1.54) is 12.1 Å². The van der Waals surface area contributed by atoms with Crippen molar-refractivity contribution in [1.29, 1.82) is 5.26 Å². The molecule has 0 amide bonds. The van der Waals surface area contributed by atoms with Crippen LogP contribution >= 0.6 is 0 Å². The van der Waals surface area contributed by atoms with Gasteiger partial charge in [0.05, 0.1) is 17.2 Å². The predicted molar refractivity (Wildman–Crippen MR) is 122 cm³/mol. The topological polar surface area (TPSA) is 57.7 Å². The molecule has 2 fully saturated rings. The minimum Gasteiger partial charge on any atom is -0.314 e. The standard InChI is InChI=1S/C26H26F3N5/c1-33-23(31-32-24(33)19-6-4-5-18(13-19)15-30)7-2-3-12-34-16-22-14-25(22,17-34)20-8-10-21(11-9-20)26(27,28)29/h4-6,8-11,13,22H,2-3,7,12,14,16-17H2,1H3. The summed E-state index contributed by atoms with van der Waals surface area (Å²) in [6.07, 6.45) is -0.377. The van der Waals surface area contributed by atoms with E-state index in [0.29, 0.717) is 11.5 Å². The average molecular weight is 466 g/mol. The van der Waals surface area contributed by atoms with Gasteiger partial charge in [0, 0.05) is 37.5 Å². The van der Waals surface area contributed by atoms with E-state index in [4.69, 9.17) is 5.26 Å². The molecule has 1 aromatic heterocycles. The maximum Gasteiger partial charge on any atom is 0.416 e. The van der Waals surface area contributed by atoms with Crippen LogP contribution in [0.5, 0.6) is 0 Å². The summed E-state index contributed by atoms with van der Waals surface area (Å²) in [5, 5.41) is 17.8. The largest absolute Gasteiger partial charge is 0.416 e. The van der Waals surface area contributed by atoms with Crippen molar-refractivity contribution in [3.05, 3.63) is 71.0 Å². The Balaban J connectivity index is 1.13. The van der Waals surface area contributed by atoms with Gasteiger partial charge in [0.25, 0.3) is 0 Å². The van der Waals surface area contributed by atoms with Crippen molar-refractivity contribution >= 4 is 0 Å². The van der Waals surface area contributed by atoms with E-state index in [2.05, 4.69) is 21.2 Å². The Hall–Kier alpha value is -3.18. The van der Waals surface area contributed by atoms with E-state index in [-0.39, 0.29) is 5.41 Å². The first-order valence-corrected chi connectivity index (χ1v) is 11.6. The molecule has 5 rings (SSSR count). The lowest BCUT2D eigenvalue weighted by atomic mass is 9.94. The highest BCUT2D eigenvalue weighted by Gasteiger charge is 2.60. The molecule has 1 aliphatic carbocycles. The van der Waals surface area contributed by atoms with Gasteiger partial charge in [-0.15, -0.1) is 10.2 Å². The molecule has 1 aliphatic heterocycles. The van der Waals surface area contributed by atoms with Gasteiger partial charge in [0.15, 0.2) is 5.82 Å². The number of hydrogen-bond donors (Lipinski definition) is 0. The summed E-state index contributed by atoms with van der Waals surface area (Å²) < 4.78 is 40.6. The molecule has 5 nitrogen and oxygen atoms in total. The molecule has 0 bridgehead atoms. The molecule has 1 saturated carbocycles. The Morgan fingerprint density at radius 1 is 1.12 bits per heavy atom. The number of nitrogens with zero attached hydrogens (tertiary/aromatic N) is 5. The predicted octanol–water partition coefficient (Wildman–Crippen LogP) is 4.97. The fourth-order valence-corrected chi connectivity index (χ4v) is 5.37. The maximum atomic E-state index is 12.9. The fraction of sp³-hybridized carbons (Fsp3) is 0.423. The van der Waals surface area contributed by atoms with Crippen LogP contribution in [0, 0.1) is 17.2 Å². The Kier molecular flexibility index (Phi) is 5.68. The van der Waals surface area contributed by atoms with Gasteiger partial charge in [-0.05, 0) is 61.6 Å². The average Bonchev–Trinajstić information content (AvgIpc) is 3.20. The number of unbranched alkanes of at least 4 members (excludes halogenated alkanes) is 1. The fourth-order valence-electron chi connectivity index (χ4n) is 5.37. The van der Waals surface area contributed by atoms with Crippen molar-refractivity contribution < 1.29 is 13.2 Å². The molecular weight excluding hydrogens is 439 g/mol. The van der Waals surface area contributed by atoms with Gasteiger partial charge in [-0.25, -0.2) is 0 Å². The molecule has 1 saturated heterocycles. The molecule has 2 atom stereocenters. The Morgan fingerprint density at radius 3 is 2.65 bits per heavy atom. The van der Waals surface area contributed by atoms with E-state index in [9.17, 15) is 13.2 Å². The molecule has 2 heterocycles. The van der Waals surface area contributed by atoms with E-state index in [1.54, 1.807) is 18.2 Å². The highest BCUT2D eigenvalue weighted by Crippen LogP contribution is 2.59. The molecule has 176 valence electrons. The van der Waals surface area contributed by atoms with Gasteiger partial charge in [-0.2, -0.15) is 18.4 Å². The van der Waals surface area contributed by atoms with Gasteiger partial charge in [0.2, 0.25) is 0 Å². The monoisotopic (exact) mass is 465 g/mol. The molecule has 34 heavy (non-hydrogen) atoms. The van der Waals surface area contributed by atoms with Crippen LogP contribution in [-0.4, -0.2) is 39.3 Å². The quantitative estimate of drug-likeness (QED) is 0.463. The molecule has 0 N–H and O–H groups in total. The second kappa shape index (κ2) is 8.55. The summed E-state index contributed by atoms with van der Waals surface area (Å²) in [7, 11) is 1.95. The molecule has 0 radical (unpaired) electrons. The van der Waals surface area contributed by atoms with Gasteiger partial charge < -0.3 is 9.47 Å². The normalized spacial score (nSPS) is 21.9. The van der Waals surface area contributed by atoms with E-state index >= 15 is 0 Å². The Labute approximate surface area is 196 Å². The second-order valence-electron chi connectivity index (χ2n) is 9.52. The first kappa shape index (κ1) is 22.6. The number of aryl methyl sites for hydroxylation is 1. The lowest BCUT2D eigenvalue weighted by Gasteiger charge is -2.21. The van der Waals surface area contributed by atoms with Crippen molar-refractivity contribution in [3.8, 4) is 17.5 Å². The van der Waals surface area contributed by atoms with Crippen molar-refractivity contribution in [3.63, 3.8) is 0 Å². The van der Waals surface area contributed by atoms with Crippen LogP contribution in [0.2, 0.25) is 0 Å². The van der Waals surface area contributed by atoms with Crippen LogP contribution in [0.4, 0.5) is 13.2 Å². The first-order valence-electron chi connectivity index (χ1n) is 11.6. The van der Waals surface area contributed by atoms with E-state index < -0.39 is 11.7 Å². The molecule has 2 unspecified atom stereocenters.